The molecule has 0 fully saturated rings. The van der Waals surface area contributed by atoms with Gasteiger partial charge in [-0.3, -0.25) is 4.98 Å². The molecule has 0 saturated heterocycles. The number of nitrogens with zero attached hydrogens (tertiary/aromatic N) is 3. The van der Waals surface area contributed by atoms with Crippen molar-refractivity contribution in [1.82, 2.24) is 14.5 Å². The molecule has 3 aromatic rings. The molecule has 0 radical (unpaired) electrons. The fourth-order valence-corrected chi connectivity index (χ4v) is 3.86. The van der Waals surface area contributed by atoms with Crippen LogP contribution in [0.5, 0.6) is 5.75 Å². The zero-order valence-corrected chi connectivity index (χ0v) is 15.2. The van der Waals surface area contributed by atoms with E-state index in [0.29, 0.717) is 5.75 Å². The molecule has 4 nitrogen and oxygen atoms in total. The quantitative estimate of drug-likeness (QED) is 0.795. The maximum absolute atomic E-state index is 10.2. The van der Waals surface area contributed by atoms with Gasteiger partial charge in [0.2, 0.25) is 0 Å². The predicted molar refractivity (Wildman–Crippen MR) is 101 cm³/mol. The summed E-state index contributed by atoms with van der Waals surface area (Å²) >= 11 is 0. The van der Waals surface area contributed by atoms with E-state index in [0.717, 1.165) is 49.2 Å². The molecule has 1 aromatic carbocycles. The van der Waals surface area contributed by atoms with Gasteiger partial charge in [-0.05, 0) is 56.1 Å². The average molecular weight is 335 g/mol. The lowest BCUT2D eigenvalue weighted by Gasteiger charge is -2.24. The standard InChI is InChI=1S/C21H25N3O/c1-14-10-17-18-13-23(3)8-7-19(18)24(20(17)11-21(14)25)9-6-16-5-4-15(2)22-12-16/h4-5,10-12,25H,6-9,13H2,1-3H3. The monoisotopic (exact) mass is 335 g/mol. The smallest absolute Gasteiger partial charge is 0.120 e. The molecule has 0 bridgehead atoms. The first-order chi connectivity index (χ1) is 12.0. The second-order valence-electron chi connectivity index (χ2n) is 7.28. The zero-order valence-electron chi connectivity index (χ0n) is 15.2. The lowest BCUT2D eigenvalue weighted by atomic mass is 10.0. The molecule has 0 unspecified atom stereocenters. The average Bonchev–Trinajstić information content (AvgIpc) is 2.87. The fraction of sp³-hybridized carbons (Fsp3) is 0.381. The van der Waals surface area contributed by atoms with Crippen LogP contribution < -0.4 is 0 Å². The number of rotatable bonds is 3. The summed E-state index contributed by atoms with van der Waals surface area (Å²) in [6.45, 7) is 6.97. The second kappa shape index (κ2) is 6.19. The third-order valence-corrected chi connectivity index (χ3v) is 5.36. The highest BCUT2D eigenvalue weighted by atomic mass is 16.3. The van der Waals surface area contributed by atoms with Gasteiger partial charge in [-0.2, -0.15) is 0 Å². The van der Waals surface area contributed by atoms with Gasteiger partial charge in [0.05, 0.1) is 5.52 Å². The number of aryl methyl sites for hydroxylation is 4. The van der Waals surface area contributed by atoms with Crippen LogP contribution in [0.3, 0.4) is 0 Å². The van der Waals surface area contributed by atoms with Crippen molar-refractivity contribution in [3.8, 4) is 5.75 Å². The van der Waals surface area contributed by atoms with Crippen LogP contribution in [-0.4, -0.2) is 33.1 Å². The summed E-state index contributed by atoms with van der Waals surface area (Å²) in [4.78, 5) is 6.78. The topological polar surface area (TPSA) is 41.3 Å². The molecule has 0 atom stereocenters. The molecule has 1 aliphatic rings. The predicted octanol–water partition coefficient (Wildman–Crippen LogP) is 3.59. The second-order valence-corrected chi connectivity index (χ2v) is 7.28. The summed E-state index contributed by atoms with van der Waals surface area (Å²) in [5, 5.41) is 11.5. The van der Waals surface area contributed by atoms with Gasteiger partial charge in [0.1, 0.15) is 5.75 Å². The maximum Gasteiger partial charge on any atom is 0.120 e. The van der Waals surface area contributed by atoms with E-state index >= 15 is 0 Å². The lowest BCUT2D eigenvalue weighted by Crippen LogP contribution is -2.27. The Labute approximate surface area is 148 Å². The van der Waals surface area contributed by atoms with Gasteiger partial charge in [0.25, 0.3) is 0 Å². The van der Waals surface area contributed by atoms with E-state index in [1.165, 1.54) is 22.2 Å². The van der Waals surface area contributed by atoms with Crippen LogP contribution in [0, 0.1) is 13.8 Å². The van der Waals surface area contributed by atoms with Crippen molar-refractivity contribution in [2.45, 2.75) is 39.8 Å². The number of benzene rings is 1. The molecule has 4 heteroatoms. The Morgan fingerprint density at radius 3 is 2.80 bits per heavy atom. The summed E-state index contributed by atoms with van der Waals surface area (Å²) < 4.78 is 2.41. The third-order valence-electron chi connectivity index (χ3n) is 5.36. The van der Waals surface area contributed by atoms with E-state index in [2.05, 4.69) is 39.7 Å². The number of fused-ring (bicyclic) bond motifs is 3. The van der Waals surface area contributed by atoms with E-state index in [1.807, 2.05) is 26.1 Å². The molecule has 0 spiro atoms. The SMILES string of the molecule is Cc1ccc(CCn2c3c(c4cc(C)c(O)cc42)CN(C)CC3)cn1. The Balaban J connectivity index is 1.76. The van der Waals surface area contributed by atoms with Gasteiger partial charge in [0.15, 0.2) is 0 Å². The summed E-state index contributed by atoms with van der Waals surface area (Å²) in [6, 6.07) is 8.32. The molecule has 2 aromatic heterocycles. The first-order valence-electron chi connectivity index (χ1n) is 8.96. The number of hydrogen-bond acceptors (Lipinski definition) is 3. The fourth-order valence-electron chi connectivity index (χ4n) is 3.86. The highest BCUT2D eigenvalue weighted by molar-refractivity contribution is 5.88. The van der Waals surface area contributed by atoms with E-state index < -0.39 is 0 Å². The minimum absolute atomic E-state index is 0.383. The van der Waals surface area contributed by atoms with Crippen LogP contribution >= 0.6 is 0 Å². The molecule has 25 heavy (non-hydrogen) atoms. The summed E-state index contributed by atoms with van der Waals surface area (Å²) in [7, 11) is 2.18. The number of hydrogen-bond donors (Lipinski definition) is 1. The molecule has 1 N–H and O–H groups in total. The largest absolute Gasteiger partial charge is 0.508 e. The Hall–Kier alpha value is -2.33. The van der Waals surface area contributed by atoms with Crippen LogP contribution in [0.2, 0.25) is 0 Å². The Morgan fingerprint density at radius 2 is 2.04 bits per heavy atom. The van der Waals surface area contributed by atoms with Crippen LogP contribution in [-0.2, 0) is 25.9 Å². The molecule has 0 amide bonds. The number of likely N-dealkylation sites (N-methyl/N-ethyl adjacent to an activating group) is 1. The van der Waals surface area contributed by atoms with Gasteiger partial charge in [-0.1, -0.05) is 6.07 Å². The van der Waals surface area contributed by atoms with Gasteiger partial charge in [0, 0.05) is 55.1 Å². The summed E-state index contributed by atoms with van der Waals surface area (Å²) in [5.74, 6) is 0.383. The normalized spacial score (nSPS) is 14.8. The molecule has 3 heterocycles. The number of phenolic OH excluding ortho intramolecular Hbond substituents is 1. The lowest BCUT2D eigenvalue weighted by molar-refractivity contribution is 0.309. The number of pyridine rings is 1. The molecule has 0 saturated carbocycles. The third kappa shape index (κ3) is 2.91. The van der Waals surface area contributed by atoms with Crippen LogP contribution in [0.1, 0.15) is 28.1 Å². The van der Waals surface area contributed by atoms with E-state index in [9.17, 15) is 5.11 Å². The highest BCUT2D eigenvalue weighted by Crippen LogP contribution is 2.34. The Kier molecular flexibility index (Phi) is 4.00. The van der Waals surface area contributed by atoms with E-state index in [1.54, 1.807) is 0 Å². The molecular weight excluding hydrogens is 310 g/mol. The van der Waals surface area contributed by atoms with Crippen molar-refractivity contribution >= 4 is 10.9 Å². The van der Waals surface area contributed by atoms with Crippen molar-refractivity contribution in [1.29, 1.82) is 0 Å². The highest BCUT2D eigenvalue weighted by Gasteiger charge is 2.23. The maximum atomic E-state index is 10.2. The van der Waals surface area contributed by atoms with Gasteiger partial charge < -0.3 is 14.6 Å². The molecule has 1 aliphatic heterocycles. The van der Waals surface area contributed by atoms with Crippen LogP contribution in [0.15, 0.2) is 30.5 Å². The van der Waals surface area contributed by atoms with Crippen molar-refractivity contribution in [3.05, 3.63) is 58.5 Å². The molecular formula is C21H25N3O. The van der Waals surface area contributed by atoms with E-state index in [4.69, 9.17) is 0 Å². The Morgan fingerprint density at radius 1 is 1.20 bits per heavy atom. The first-order valence-corrected chi connectivity index (χ1v) is 8.96. The number of aromatic nitrogens is 2. The minimum atomic E-state index is 0.383. The van der Waals surface area contributed by atoms with Crippen molar-refractivity contribution in [2.75, 3.05) is 13.6 Å². The van der Waals surface area contributed by atoms with Gasteiger partial charge >= 0.3 is 0 Å². The van der Waals surface area contributed by atoms with Gasteiger partial charge in [-0.15, -0.1) is 0 Å². The molecule has 4 rings (SSSR count). The van der Waals surface area contributed by atoms with Crippen LogP contribution in [0.4, 0.5) is 0 Å². The summed E-state index contributed by atoms with van der Waals surface area (Å²) in [6.07, 6.45) is 3.99. The van der Waals surface area contributed by atoms with E-state index in [-0.39, 0.29) is 0 Å². The first kappa shape index (κ1) is 16.2. The van der Waals surface area contributed by atoms with Crippen LogP contribution in [0.25, 0.3) is 10.9 Å². The number of aromatic hydroxyl groups is 1. The zero-order chi connectivity index (χ0) is 17.6. The molecule has 0 aliphatic carbocycles. The van der Waals surface area contributed by atoms with Gasteiger partial charge in [-0.25, -0.2) is 0 Å². The minimum Gasteiger partial charge on any atom is -0.508 e. The van der Waals surface area contributed by atoms with Crippen molar-refractivity contribution in [2.24, 2.45) is 0 Å². The van der Waals surface area contributed by atoms with Crippen molar-refractivity contribution < 1.29 is 5.11 Å². The van der Waals surface area contributed by atoms with Crippen molar-refractivity contribution in [3.63, 3.8) is 0 Å². The summed E-state index contributed by atoms with van der Waals surface area (Å²) in [5.41, 5.74) is 7.26. The molecule has 130 valence electrons. The number of phenols is 1. The Bertz CT molecular complexity index is 925.